The topological polar surface area (TPSA) is 63.4 Å². The molecule has 2 aromatic rings. The first-order valence-corrected chi connectivity index (χ1v) is 8.90. The lowest BCUT2D eigenvalue weighted by Crippen LogP contribution is -2.43. The van der Waals surface area contributed by atoms with Gasteiger partial charge in [-0.1, -0.05) is 51.5 Å². The van der Waals surface area contributed by atoms with Crippen LogP contribution in [0.15, 0.2) is 36.4 Å². The van der Waals surface area contributed by atoms with E-state index in [4.69, 9.17) is 5.84 Å². The summed E-state index contributed by atoms with van der Waals surface area (Å²) in [5.74, 6) is 4.96. The van der Waals surface area contributed by atoms with Gasteiger partial charge in [0, 0.05) is 11.1 Å². The maximum Gasteiger partial charge on any atom is 0.275 e. The van der Waals surface area contributed by atoms with Crippen LogP contribution >= 0.6 is 0 Å². The summed E-state index contributed by atoms with van der Waals surface area (Å²) in [6, 6.07) is 11.0. The van der Waals surface area contributed by atoms with Gasteiger partial charge < -0.3 is 0 Å². The van der Waals surface area contributed by atoms with Gasteiger partial charge in [0.05, 0.1) is 0 Å². The van der Waals surface area contributed by atoms with Gasteiger partial charge >= 0.3 is 0 Å². The number of benzene rings is 2. The van der Waals surface area contributed by atoms with Crippen molar-refractivity contribution < 1.29 is 9.59 Å². The molecule has 0 aromatic heterocycles. The summed E-state index contributed by atoms with van der Waals surface area (Å²) in [5.41, 5.74) is 4.67. The van der Waals surface area contributed by atoms with Gasteiger partial charge in [-0.2, -0.15) is 0 Å². The molecule has 0 saturated carbocycles. The fourth-order valence-electron chi connectivity index (χ4n) is 3.38. The van der Waals surface area contributed by atoms with Gasteiger partial charge in [0.15, 0.2) is 0 Å². The van der Waals surface area contributed by atoms with Crippen molar-refractivity contribution in [1.82, 2.24) is 5.01 Å². The molecule has 0 aliphatic rings. The molecule has 26 heavy (non-hydrogen) atoms. The smallest absolute Gasteiger partial charge is 0.267 e. The van der Waals surface area contributed by atoms with Gasteiger partial charge in [-0.15, -0.1) is 0 Å². The molecule has 0 aliphatic heterocycles. The van der Waals surface area contributed by atoms with E-state index >= 15 is 0 Å². The standard InChI is InChI=1S/C22H28N2O2/c1-7-16-8-10-17(11-9-16)20(25)24(23)21(26)18-13-14(2)12-15(3)19(18)22(4,5)6/h8-13H,7,23H2,1-6H3. The third-order valence-electron chi connectivity index (χ3n) is 4.51. The van der Waals surface area contributed by atoms with E-state index in [0.717, 1.165) is 33.7 Å². The summed E-state index contributed by atoms with van der Waals surface area (Å²) in [6.45, 7) is 12.1. The van der Waals surface area contributed by atoms with Gasteiger partial charge in [0.1, 0.15) is 0 Å². The van der Waals surface area contributed by atoms with E-state index < -0.39 is 11.8 Å². The SMILES string of the molecule is CCc1ccc(C(=O)N(N)C(=O)c2cc(C)cc(C)c2C(C)(C)C)cc1. The fourth-order valence-corrected chi connectivity index (χ4v) is 3.38. The van der Waals surface area contributed by atoms with Crippen LogP contribution in [0.3, 0.4) is 0 Å². The largest absolute Gasteiger partial charge is 0.275 e. The van der Waals surface area contributed by atoms with Crippen LogP contribution in [0.25, 0.3) is 0 Å². The van der Waals surface area contributed by atoms with Crippen LogP contribution in [0, 0.1) is 13.8 Å². The van der Waals surface area contributed by atoms with Gasteiger partial charge in [-0.3, -0.25) is 9.59 Å². The second kappa shape index (κ2) is 7.42. The number of aryl methyl sites for hydroxylation is 3. The maximum absolute atomic E-state index is 13.0. The van der Waals surface area contributed by atoms with Crippen molar-refractivity contribution in [2.75, 3.05) is 0 Å². The number of amides is 2. The summed E-state index contributed by atoms with van der Waals surface area (Å²) in [6.07, 6.45) is 0.886. The molecular weight excluding hydrogens is 324 g/mol. The quantitative estimate of drug-likeness (QED) is 0.387. The molecular formula is C22H28N2O2. The zero-order valence-corrected chi connectivity index (χ0v) is 16.5. The first-order valence-electron chi connectivity index (χ1n) is 8.90. The highest BCUT2D eigenvalue weighted by Crippen LogP contribution is 2.31. The zero-order chi connectivity index (χ0) is 19.6. The summed E-state index contributed by atoms with van der Waals surface area (Å²) < 4.78 is 0. The number of hydrazine groups is 1. The van der Waals surface area contributed by atoms with Gasteiger partial charge in [0.25, 0.3) is 11.8 Å². The van der Waals surface area contributed by atoms with Crippen LogP contribution in [-0.4, -0.2) is 16.8 Å². The molecule has 2 amide bonds. The van der Waals surface area contributed by atoms with Crippen molar-refractivity contribution in [2.45, 2.75) is 53.4 Å². The molecule has 0 unspecified atom stereocenters. The Bertz CT molecular complexity index is 830. The third kappa shape index (κ3) is 4.02. The van der Waals surface area contributed by atoms with Crippen LogP contribution in [0.4, 0.5) is 0 Å². The molecule has 4 heteroatoms. The Hall–Kier alpha value is -2.46. The highest BCUT2D eigenvalue weighted by Gasteiger charge is 2.28. The summed E-state index contributed by atoms with van der Waals surface area (Å²) in [4.78, 5) is 25.7. The van der Waals surface area contributed by atoms with Crippen LogP contribution in [0.5, 0.6) is 0 Å². The number of hydrogen-bond acceptors (Lipinski definition) is 3. The summed E-state index contributed by atoms with van der Waals surface area (Å²) in [7, 11) is 0. The first kappa shape index (κ1) is 19.9. The van der Waals surface area contributed by atoms with Crippen LogP contribution in [0.2, 0.25) is 0 Å². The predicted octanol–water partition coefficient (Wildman–Crippen LogP) is 4.32. The van der Waals surface area contributed by atoms with Crippen molar-refractivity contribution in [1.29, 1.82) is 0 Å². The van der Waals surface area contributed by atoms with Crippen LogP contribution in [0.1, 0.15) is 70.7 Å². The van der Waals surface area contributed by atoms with E-state index in [1.54, 1.807) is 12.1 Å². The van der Waals surface area contributed by atoms with E-state index in [1.165, 1.54) is 0 Å². The number of hydrogen-bond donors (Lipinski definition) is 1. The number of imide groups is 1. The van der Waals surface area contributed by atoms with Crippen molar-refractivity contribution in [3.63, 3.8) is 0 Å². The second-order valence-electron chi connectivity index (χ2n) is 7.79. The van der Waals surface area contributed by atoms with Crippen molar-refractivity contribution in [2.24, 2.45) is 5.84 Å². The van der Waals surface area contributed by atoms with Crippen molar-refractivity contribution in [3.05, 3.63) is 69.8 Å². The van der Waals surface area contributed by atoms with Crippen molar-refractivity contribution >= 4 is 11.8 Å². The van der Waals surface area contributed by atoms with E-state index in [0.29, 0.717) is 11.1 Å². The third-order valence-corrected chi connectivity index (χ3v) is 4.51. The number of nitrogens with two attached hydrogens (primary N) is 1. The van der Waals surface area contributed by atoms with E-state index in [-0.39, 0.29) is 5.41 Å². The molecule has 0 bridgehead atoms. The molecule has 0 spiro atoms. The summed E-state index contributed by atoms with van der Waals surface area (Å²) >= 11 is 0. The Morgan fingerprint density at radius 3 is 2.08 bits per heavy atom. The monoisotopic (exact) mass is 352 g/mol. The average molecular weight is 352 g/mol. The Morgan fingerprint density at radius 2 is 1.58 bits per heavy atom. The minimum Gasteiger partial charge on any atom is -0.267 e. The van der Waals surface area contributed by atoms with Gasteiger partial charge in [-0.05, 0) is 60.6 Å². The average Bonchev–Trinajstić information content (AvgIpc) is 2.57. The normalized spacial score (nSPS) is 11.3. The molecule has 4 nitrogen and oxygen atoms in total. The number of nitrogens with zero attached hydrogens (tertiary/aromatic N) is 1. The highest BCUT2D eigenvalue weighted by atomic mass is 16.2. The van der Waals surface area contributed by atoms with Crippen LogP contribution < -0.4 is 5.84 Å². The molecule has 138 valence electrons. The first-order chi connectivity index (χ1) is 12.1. The Labute approximate surface area is 156 Å². The fraction of sp³-hybridized carbons (Fsp3) is 0.364. The Kier molecular flexibility index (Phi) is 5.67. The zero-order valence-electron chi connectivity index (χ0n) is 16.5. The van der Waals surface area contributed by atoms with Gasteiger partial charge in [-0.25, -0.2) is 10.9 Å². The molecule has 0 fully saturated rings. The van der Waals surface area contributed by atoms with Gasteiger partial charge in [0.2, 0.25) is 0 Å². The molecule has 0 saturated heterocycles. The Morgan fingerprint density at radius 1 is 1.00 bits per heavy atom. The maximum atomic E-state index is 13.0. The minimum absolute atomic E-state index is 0.241. The van der Waals surface area contributed by atoms with Crippen LogP contribution in [-0.2, 0) is 11.8 Å². The molecule has 2 rings (SSSR count). The van der Waals surface area contributed by atoms with E-state index in [2.05, 4.69) is 0 Å². The number of rotatable bonds is 3. The molecule has 0 heterocycles. The number of carbonyl (C=O) groups excluding carboxylic acids is 2. The number of carbonyl (C=O) groups is 2. The summed E-state index contributed by atoms with van der Waals surface area (Å²) in [5, 5.41) is 0.727. The Balaban J connectivity index is 2.43. The second-order valence-corrected chi connectivity index (χ2v) is 7.79. The molecule has 0 atom stereocenters. The minimum atomic E-state index is -0.503. The van der Waals surface area contributed by atoms with Crippen molar-refractivity contribution in [3.8, 4) is 0 Å². The lowest BCUT2D eigenvalue weighted by Gasteiger charge is -2.27. The highest BCUT2D eigenvalue weighted by molar-refractivity contribution is 6.10. The predicted molar refractivity (Wildman–Crippen MR) is 105 cm³/mol. The molecule has 0 aliphatic carbocycles. The van der Waals surface area contributed by atoms with E-state index in [9.17, 15) is 9.59 Å². The molecule has 0 radical (unpaired) electrons. The lowest BCUT2D eigenvalue weighted by atomic mass is 9.80. The molecule has 2 aromatic carbocycles. The molecule has 2 N–H and O–H groups in total. The van der Waals surface area contributed by atoms with E-state index in [1.807, 2.05) is 65.8 Å². The lowest BCUT2D eigenvalue weighted by molar-refractivity contribution is 0.0613.